The van der Waals surface area contributed by atoms with Gasteiger partial charge in [-0.15, -0.1) is 0 Å². The van der Waals surface area contributed by atoms with E-state index in [0.29, 0.717) is 65.5 Å². The van der Waals surface area contributed by atoms with Crippen LogP contribution in [0.15, 0.2) is 65.8 Å². The zero-order valence-electron chi connectivity index (χ0n) is 20.8. The number of hydrogen-bond acceptors (Lipinski definition) is 6. The highest BCUT2D eigenvalue weighted by Crippen LogP contribution is 2.25. The van der Waals surface area contributed by atoms with E-state index in [1.165, 1.54) is 0 Å². The summed E-state index contributed by atoms with van der Waals surface area (Å²) < 4.78 is 0. The number of benzene rings is 2. The molecule has 0 unspecified atom stereocenters. The van der Waals surface area contributed by atoms with Gasteiger partial charge in [0.2, 0.25) is 5.82 Å². The molecule has 7 N–H and O–H groups in total. The number of amides is 2. The van der Waals surface area contributed by atoms with Crippen molar-refractivity contribution in [3.8, 4) is 0 Å². The lowest BCUT2D eigenvalue weighted by atomic mass is 10.1. The van der Waals surface area contributed by atoms with Crippen molar-refractivity contribution in [3.63, 3.8) is 0 Å². The number of rotatable bonds is 6. The predicted molar refractivity (Wildman–Crippen MR) is 146 cm³/mol. The maximum atomic E-state index is 12.9. The smallest absolute Gasteiger partial charge is 0.271 e. The van der Waals surface area contributed by atoms with Crippen LogP contribution in [0.25, 0.3) is 0 Å². The topological polar surface area (TPSA) is 122 Å². The van der Waals surface area contributed by atoms with E-state index in [2.05, 4.69) is 21.3 Å². The standard InChI is InChI=1S/C26H31Cl2N7O2/c1-33-9-11-34(12-10-33)26(37)17-3-2-4-20(14-17)32-25(36)22(29)15-23-24(30)31-7-8-35(23)16-18-13-19(27)5-6-21(18)28/h2-6,13-15,31H,7-12,16,29-30H2,1H3,(H,32,36)/p+1. The molecular weight excluding hydrogens is 513 g/mol. The summed E-state index contributed by atoms with van der Waals surface area (Å²) in [5.74, 6) is 0.124. The average molecular weight is 545 g/mol. The molecule has 2 aromatic carbocycles. The van der Waals surface area contributed by atoms with Gasteiger partial charge >= 0.3 is 0 Å². The zero-order valence-corrected chi connectivity index (χ0v) is 22.3. The van der Waals surface area contributed by atoms with Crippen LogP contribution in [0, 0.1) is 0 Å². The average Bonchev–Trinajstić information content (AvgIpc) is 2.88. The molecule has 2 aliphatic rings. The lowest BCUT2D eigenvalue weighted by Gasteiger charge is -2.32. The van der Waals surface area contributed by atoms with Crippen molar-refractivity contribution >= 4 is 40.7 Å². The summed E-state index contributed by atoms with van der Waals surface area (Å²) in [6.45, 7) is 4.86. The largest absolute Gasteiger partial charge is 0.394 e. The van der Waals surface area contributed by atoms with Gasteiger partial charge in [0.25, 0.3) is 11.8 Å². The van der Waals surface area contributed by atoms with Crippen molar-refractivity contribution in [2.24, 2.45) is 5.73 Å². The van der Waals surface area contributed by atoms with Crippen molar-refractivity contribution < 1.29 is 15.3 Å². The quantitative estimate of drug-likeness (QED) is 0.410. The Bertz CT molecular complexity index is 1240. The van der Waals surface area contributed by atoms with Crippen LogP contribution in [-0.4, -0.2) is 72.8 Å². The fraction of sp³-hybridized carbons (Fsp3) is 0.308. The molecular formula is C26H32Cl2N7O2+. The third-order valence-corrected chi connectivity index (χ3v) is 7.06. The molecule has 196 valence electrons. The molecule has 0 bridgehead atoms. The van der Waals surface area contributed by atoms with Crippen LogP contribution in [0.4, 0.5) is 5.69 Å². The van der Waals surface area contributed by atoms with E-state index < -0.39 is 5.91 Å². The highest BCUT2D eigenvalue weighted by molar-refractivity contribution is 6.33. The van der Waals surface area contributed by atoms with Gasteiger partial charge in [0.05, 0.1) is 0 Å². The number of likely N-dealkylation sites (N-methyl/N-ethyl adjacent to an activating group) is 1. The van der Waals surface area contributed by atoms with Crippen LogP contribution in [0.2, 0.25) is 10.0 Å². The normalized spacial score (nSPS) is 17.0. The highest BCUT2D eigenvalue weighted by atomic mass is 35.5. The van der Waals surface area contributed by atoms with Gasteiger partial charge in [-0.05, 0) is 55.1 Å². The summed E-state index contributed by atoms with van der Waals surface area (Å²) in [4.78, 5) is 31.9. The van der Waals surface area contributed by atoms with Crippen molar-refractivity contribution in [2.75, 3.05) is 51.6 Å². The minimum Gasteiger partial charge on any atom is -0.394 e. The van der Waals surface area contributed by atoms with Crippen LogP contribution in [0.5, 0.6) is 0 Å². The Kier molecular flexibility index (Phi) is 8.60. The molecule has 0 aromatic heterocycles. The van der Waals surface area contributed by atoms with Gasteiger partial charge in [-0.2, -0.15) is 0 Å². The third kappa shape index (κ3) is 6.75. The first-order valence-corrected chi connectivity index (χ1v) is 12.8. The lowest BCUT2D eigenvalue weighted by molar-refractivity contribution is -0.316. The van der Waals surface area contributed by atoms with Crippen LogP contribution >= 0.6 is 23.2 Å². The second kappa shape index (κ2) is 11.9. The molecule has 11 heteroatoms. The fourth-order valence-corrected chi connectivity index (χ4v) is 4.67. The Labute approximate surface area is 226 Å². The van der Waals surface area contributed by atoms with Crippen LogP contribution in [0.1, 0.15) is 15.9 Å². The predicted octanol–water partition coefficient (Wildman–Crippen LogP) is 1.68. The van der Waals surface area contributed by atoms with Gasteiger partial charge < -0.3 is 36.8 Å². The molecule has 1 saturated heterocycles. The minimum absolute atomic E-state index is 0.0119. The number of carbonyl (C=O) groups is 2. The summed E-state index contributed by atoms with van der Waals surface area (Å²) in [6, 6.07) is 12.2. The summed E-state index contributed by atoms with van der Waals surface area (Å²) in [5.41, 5.74) is 12.9. The number of hydrogen-bond donors (Lipinski definition) is 4. The van der Waals surface area contributed by atoms with E-state index in [-0.39, 0.29) is 11.6 Å². The summed E-state index contributed by atoms with van der Waals surface area (Å²) in [7, 11) is 2.04. The summed E-state index contributed by atoms with van der Waals surface area (Å²) in [5, 5.41) is 7.21. The van der Waals surface area contributed by atoms with Gasteiger partial charge in [0.1, 0.15) is 11.4 Å². The second-order valence-corrected chi connectivity index (χ2v) is 10.0. The molecule has 0 atom stereocenters. The number of nitrogens with two attached hydrogens (primary N) is 1. The number of nitrogens with zero attached hydrogens (tertiary/aromatic N) is 3. The number of halogens is 2. The maximum Gasteiger partial charge on any atom is 0.271 e. The van der Waals surface area contributed by atoms with Crippen molar-refractivity contribution in [1.29, 1.82) is 0 Å². The number of quaternary nitrogens is 1. The molecule has 2 aliphatic heterocycles. The third-order valence-electron chi connectivity index (χ3n) is 6.45. The first-order chi connectivity index (χ1) is 17.7. The van der Waals surface area contributed by atoms with Crippen molar-refractivity contribution in [2.45, 2.75) is 6.54 Å². The van der Waals surface area contributed by atoms with Gasteiger partial charge in [-0.1, -0.05) is 29.3 Å². The van der Waals surface area contributed by atoms with Crippen LogP contribution in [-0.2, 0) is 11.3 Å². The van der Waals surface area contributed by atoms with Crippen molar-refractivity contribution in [1.82, 2.24) is 20.0 Å². The molecule has 2 aromatic rings. The molecule has 0 radical (unpaired) electrons. The number of nitrogens with one attached hydrogen (secondary N) is 2. The first-order valence-electron chi connectivity index (χ1n) is 12.1. The number of piperazine rings is 1. The number of carbonyl (C=O) groups excluding carboxylic acids is 2. The summed E-state index contributed by atoms with van der Waals surface area (Å²) >= 11 is 12.5. The molecule has 1 fully saturated rings. The molecule has 37 heavy (non-hydrogen) atoms. The van der Waals surface area contributed by atoms with E-state index in [9.17, 15) is 9.59 Å². The van der Waals surface area contributed by atoms with Gasteiger partial charge in [-0.25, -0.2) is 0 Å². The fourth-order valence-electron chi connectivity index (χ4n) is 4.29. The minimum atomic E-state index is -0.476. The molecule has 2 heterocycles. The van der Waals surface area contributed by atoms with Crippen LogP contribution in [0.3, 0.4) is 0 Å². The Morgan fingerprint density at radius 3 is 2.62 bits per heavy atom. The molecule has 9 nitrogen and oxygen atoms in total. The Morgan fingerprint density at radius 2 is 1.86 bits per heavy atom. The molecule has 2 amide bonds. The number of allylic oxidation sites excluding steroid dienone is 1. The SMILES string of the molecule is CN1CCN(C(=O)c2cccc(NC(=O)C(N)=CC3=C([NH3+])NCCN3Cc3cc(Cl)ccc3Cl)c2)CC1. The Morgan fingerprint density at radius 1 is 1.11 bits per heavy atom. The van der Waals surface area contributed by atoms with Gasteiger partial charge in [0.15, 0.2) is 0 Å². The van der Waals surface area contributed by atoms with Gasteiger partial charge in [-0.3, -0.25) is 9.59 Å². The molecule has 4 rings (SSSR count). The highest BCUT2D eigenvalue weighted by Gasteiger charge is 2.23. The van der Waals surface area contributed by atoms with E-state index in [1.54, 1.807) is 42.5 Å². The van der Waals surface area contributed by atoms with E-state index in [1.807, 2.05) is 22.9 Å². The molecule has 0 spiro atoms. The van der Waals surface area contributed by atoms with E-state index >= 15 is 0 Å². The Hall–Kier alpha value is -3.24. The molecule has 0 saturated carbocycles. The second-order valence-electron chi connectivity index (χ2n) is 9.18. The maximum absolute atomic E-state index is 12.9. The van der Waals surface area contributed by atoms with E-state index in [4.69, 9.17) is 28.9 Å². The summed E-state index contributed by atoms with van der Waals surface area (Å²) in [6.07, 6.45) is 1.60. The zero-order chi connectivity index (χ0) is 26.5. The van der Waals surface area contributed by atoms with Gasteiger partial charge in [0, 0.05) is 67.1 Å². The number of anilines is 1. The monoisotopic (exact) mass is 544 g/mol. The first kappa shape index (κ1) is 26.8. The van der Waals surface area contributed by atoms with E-state index in [0.717, 1.165) is 18.7 Å². The van der Waals surface area contributed by atoms with Crippen LogP contribution < -0.4 is 22.1 Å². The van der Waals surface area contributed by atoms with Crippen molar-refractivity contribution in [3.05, 3.63) is 86.9 Å². The molecule has 0 aliphatic carbocycles. The lowest BCUT2D eigenvalue weighted by Crippen LogP contribution is -2.59. The Balaban J connectivity index is 1.47.